The van der Waals surface area contributed by atoms with Gasteiger partial charge in [-0.1, -0.05) is 12.2 Å². The average Bonchev–Trinajstić information content (AvgIpc) is 2.37. The quantitative estimate of drug-likeness (QED) is 0.603. The van der Waals surface area contributed by atoms with E-state index in [1.165, 1.54) is 0 Å². The Balaban J connectivity index is 2.56. The van der Waals surface area contributed by atoms with Crippen LogP contribution in [0.3, 0.4) is 0 Å². The van der Waals surface area contributed by atoms with E-state index in [0.717, 1.165) is 11.8 Å². The van der Waals surface area contributed by atoms with E-state index in [9.17, 15) is 4.79 Å². The summed E-state index contributed by atoms with van der Waals surface area (Å²) in [5.74, 6) is 0. The second-order valence-corrected chi connectivity index (χ2v) is 2.25. The van der Waals surface area contributed by atoms with Crippen molar-refractivity contribution >= 4 is 12.4 Å². The topological polar surface area (TPSA) is 34.9 Å². The van der Waals surface area contributed by atoms with E-state index in [-0.39, 0.29) is 0 Å². The van der Waals surface area contributed by atoms with Gasteiger partial charge in [-0.2, -0.15) is 5.10 Å². The molecule has 58 valence electrons. The molecule has 0 bridgehead atoms. The molecule has 0 radical (unpaired) electrons. The van der Waals surface area contributed by atoms with Crippen molar-refractivity contribution in [2.45, 2.75) is 6.42 Å². The maximum Gasteiger partial charge on any atom is 0.123 e. The van der Waals surface area contributed by atoms with E-state index < -0.39 is 0 Å². The molecule has 0 aliphatic carbocycles. The normalized spacial score (nSPS) is 10.6. The minimum Gasteiger partial charge on any atom is -0.303 e. The van der Waals surface area contributed by atoms with Crippen molar-refractivity contribution in [3.63, 3.8) is 0 Å². The molecular weight excluding hydrogens is 140 g/mol. The summed E-state index contributed by atoms with van der Waals surface area (Å²) in [7, 11) is 1.86. The minimum absolute atomic E-state index is 0.467. The van der Waals surface area contributed by atoms with Gasteiger partial charge in [-0.15, -0.1) is 0 Å². The molecule has 1 heterocycles. The van der Waals surface area contributed by atoms with Crippen molar-refractivity contribution in [2.24, 2.45) is 7.05 Å². The van der Waals surface area contributed by atoms with Gasteiger partial charge in [-0.25, -0.2) is 0 Å². The standard InChI is InChI=1S/C8H10N2O/c1-10-7-8(6-9-10)4-2-3-5-11/h2,4-7H,3H2,1H3. The Hall–Kier alpha value is -1.38. The zero-order valence-corrected chi connectivity index (χ0v) is 6.40. The molecule has 11 heavy (non-hydrogen) atoms. The van der Waals surface area contributed by atoms with Crippen LogP contribution in [0.5, 0.6) is 0 Å². The number of aldehydes is 1. The highest BCUT2D eigenvalue weighted by Gasteiger charge is 1.87. The molecule has 0 aromatic carbocycles. The number of aromatic nitrogens is 2. The summed E-state index contributed by atoms with van der Waals surface area (Å²) in [6.07, 6.45) is 8.66. The number of carbonyl (C=O) groups is 1. The number of nitrogens with zero attached hydrogens (tertiary/aromatic N) is 2. The van der Waals surface area contributed by atoms with Gasteiger partial charge in [0.25, 0.3) is 0 Å². The summed E-state index contributed by atoms with van der Waals surface area (Å²) in [4.78, 5) is 9.93. The van der Waals surface area contributed by atoms with E-state index in [4.69, 9.17) is 0 Å². The second kappa shape index (κ2) is 3.71. The van der Waals surface area contributed by atoms with E-state index in [0.29, 0.717) is 6.42 Å². The Morgan fingerprint density at radius 3 is 3.09 bits per heavy atom. The van der Waals surface area contributed by atoms with Crippen LogP contribution in [-0.2, 0) is 11.8 Å². The SMILES string of the molecule is Cn1cc(C=CCC=O)cn1. The Kier molecular flexibility index (Phi) is 2.60. The molecule has 1 aromatic heterocycles. The van der Waals surface area contributed by atoms with Gasteiger partial charge >= 0.3 is 0 Å². The van der Waals surface area contributed by atoms with Crippen molar-refractivity contribution in [3.05, 3.63) is 24.0 Å². The maximum absolute atomic E-state index is 9.93. The summed E-state index contributed by atoms with van der Waals surface area (Å²) in [5.41, 5.74) is 1.02. The van der Waals surface area contributed by atoms with Crippen LogP contribution in [0.2, 0.25) is 0 Å². The lowest BCUT2D eigenvalue weighted by molar-refractivity contribution is -0.107. The molecule has 0 aliphatic heterocycles. The van der Waals surface area contributed by atoms with Crippen LogP contribution < -0.4 is 0 Å². The van der Waals surface area contributed by atoms with Gasteiger partial charge in [-0.3, -0.25) is 4.68 Å². The first kappa shape index (κ1) is 7.72. The molecule has 0 N–H and O–H groups in total. The fourth-order valence-electron chi connectivity index (χ4n) is 0.786. The van der Waals surface area contributed by atoms with Crippen molar-refractivity contribution < 1.29 is 4.79 Å². The fraction of sp³-hybridized carbons (Fsp3) is 0.250. The molecule has 0 amide bonds. The third kappa shape index (κ3) is 2.37. The summed E-state index contributed by atoms with van der Waals surface area (Å²) in [5, 5.41) is 3.97. The van der Waals surface area contributed by atoms with Crippen LogP contribution in [-0.4, -0.2) is 16.1 Å². The molecule has 0 atom stereocenters. The van der Waals surface area contributed by atoms with Crippen LogP contribution in [0.25, 0.3) is 6.08 Å². The Bertz CT molecular complexity index is 263. The van der Waals surface area contributed by atoms with E-state index in [2.05, 4.69) is 5.10 Å². The summed E-state index contributed by atoms with van der Waals surface area (Å²) < 4.78 is 1.72. The van der Waals surface area contributed by atoms with Crippen LogP contribution in [0, 0.1) is 0 Å². The lowest BCUT2D eigenvalue weighted by Crippen LogP contribution is -1.83. The van der Waals surface area contributed by atoms with Gasteiger partial charge in [0.05, 0.1) is 6.20 Å². The average molecular weight is 150 g/mol. The predicted octanol–water partition coefficient (Wildman–Crippen LogP) is 1.02. The Labute approximate surface area is 65.3 Å². The van der Waals surface area contributed by atoms with Gasteiger partial charge in [0.1, 0.15) is 6.29 Å². The van der Waals surface area contributed by atoms with E-state index in [1.54, 1.807) is 10.9 Å². The number of carbonyl (C=O) groups excluding carboxylic acids is 1. The zero-order valence-electron chi connectivity index (χ0n) is 6.40. The summed E-state index contributed by atoms with van der Waals surface area (Å²) >= 11 is 0. The molecular formula is C8H10N2O. The van der Waals surface area contributed by atoms with E-state index in [1.807, 2.05) is 25.4 Å². The van der Waals surface area contributed by atoms with Crippen molar-refractivity contribution in [3.8, 4) is 0 Å². The van der Waals surface area contributed by atoms with Crippen LogP contribution >= 0.6 is 0 Å². The van der Waals surface area contributed by atoms with Gasteiger partial charge < -0.3 is 4.79 Å². The number of hydrogen-bond acceptors (Lipinski definition) is 2. The third-order valence-electron chi connectivity index (χ3n) is 1.27. The lowest BCUT2D eigenvalue weighted by Gasteiger charge is -1.81. The van der Waals surface area contributed by atoms with Gasteiger partial charge in [0.15, 0.2) is 0 Å². The van der Waals surface area contributed by atoms with Crippen molar-refractivity contribution in [1.29, 1.82) is 0 Å². The molecule has 3 nitrogen and oxygen atoms in total. The van der Waals surface area contributed by atoms with Gasteiger partial charge in [-0.05, 0) is 0 Å². The highest BCUT2D eigenvalue weighted by atomic mass is 16.1. The molecule has 0 saturated carbocycles. The van der Waals surface area contributed by atoms with Crippen LogP contribution in [0.4, 0.5) is 0 Å². The van der Waals surface area contributed by atoms with Crippen molar-refractivity contribution in [2.75, 3.05) is 0 Å². The number of aryl methyl sites for hydroxylation is 1. The van der Waals surface area contributed by atoms with Crippen LogP contribution in [0.1, 0.15) is 12.0 Å². The number of allylic oxidation sites excluding steroid dienone is 1. The molecule has 0 unspecified atom stereocenters. The summed E-state index contributed by atoms with van der Waals surface area (Å²) in [6.45, 7) is 0. The monoisotopic (exact) mass is 150 g/mol. The zero-order chi connectivity index (χ0) is 8.10. The fourth-order valence-corrected chi connectivity index (χ4v) is 0.786. The first-order chi connectivity index (χ1) is 5.33. The van der Waals surface area contributed by atoms with Gasteiger partial charge in [0, 0.05) is 25.2 Å². The number of hydrogen-bond donors (Lipinski definition) is 0. The first-order valence-corrected chi connectivity index (χ1v) is 3.42. The second-order valence-electron chi connectivity index (χ2n) is 2.25. The predicted molar refractivity (Wildman–Crippen MR) is 42.9 cm³/mol. The van der Waals surface area contributed by atoms with Crippen LogP contribution in [0.15, 0.2) is 18.5 Å². The largest absolute Gasteiger partial charge is 0.303 e. The Morgan fingerprint density at radius 2 is 2.55 bits per heavy atom. The van der Waals surface area contributed by atoms with E-state index >= 15 is 0 Å². The summed E-state index contributed by atoms with van der Waals surface area (Å²) in [6, 6.07) is 0. The highest BCUT2D eigenvalue weighted by Crippen LogP contribution is 1.98. The molecule has 3 heteroatoms. The number of rotatable bonds is 3. The molecule has 0 saturated heterocycles. The maximum atomic E-state index is 9.93. The Morgan fingerprint density at radius 1 is 1.73 bits per heavy atom. The molecule has 0 fully saturated rings. The van der Waals surface area contributed by atoms with Gasteiger partial charge in [0.2, 0.25) is 0 Å². The molecule has 0 spiro atoms. The lowest BCUT2D eigenvalue weighted by atomic mass is 10.3. The molecule has 1 aromatic rings. The smallest absolute Gasteiger partial charge is 0.123 e. The minimum atomic E-state index is 0.467. The van der Waals surface area contributed by atoms with Crippen molar-refractivity contribution in [1.82, 2.24) is 9.78 Å². The highest BCUT2D eigenvalue weighted by molar-refractivity contribution is 5.57. The third-order valence-corrected chi connectivity index (χ3v) is 1.27. The molecule has 0 aliphatic rings. The first-order valence-electron chi connectivity index (χ1n) is 3.42. The molecule has 1 rings (SSSR count).